The van der Waals surface area contributed by atoms with E-state index in [0.717, 1.165) is 68.8 Å². The molecule has 200 valence electrons. The van der Waals surface area contributed by atoms with Crippen molar-refractivity contribution < 1.29 is 9.59 Å². The number of hydrogen-bond acceptors (Lipinski definition) is 3. The molecule has 1 aliphatic carbocycles. The lowest BCUT2D eigenvalue weighted by Gasteiger charge is -2.11. The Balaban J connectivity index is 1.04. The summed E-state index contributed by atoms with van der Waals surface area (Å²) in [5, 5.41) is 0. The Morgan fingerprint density at radius 3 is 2.51 bits per heavy atom. The van der Waals surface area contributed by atoms with Crippen LogP contribution in [0.5, 0.6) is 0 Å². The Morgan fingerprint density at radius 1 is 0.805 bits per heavy atom. The molecular weight excluding hydrogens is 506 g/mol. The minimum absolute atomic E-state index is 0.152. The molecule has 1 aliphatic rings. The number of aromatic nitrogens is 3. The van der Waals surface area contributed by atoms with Crippen LogP contribution in [0.25, 0.3) is 22.6 Å². The van der Waals surface area contributed by atoms with Crippen molar-refractivity contribution in [3.63, 3.8) is 0 Å². The van der Waals surface area contributed by atoms with Gasteiger partial charge in [0.2, 0.25) is 0 Å². The number of carbonyl (C=O) groups excluding carboxylic acids is 2. The molecule has 0 saturated heterocycles. The van der Waals surface area contributed by atoms with Crippen molar-refractivity contribution in [2.24, 2.45) is 0 Å². The Labute approximate surface area is 238 Å². The number of nitrogens with zero attached hydrogens (tertiary/aromatic N) is 3. The largest absolute Gasteiger partial charge is 0.324 e. The number of carbonyl (C=O) groups is 2. The van der Waals surface area contributed by atoms with Gasteiger partial charge in [-0.15, -0.1) is 0 Å². The first-order chi connectivity index (χ1) is 20.1. The van der Waals surface area contributed by atoms with Crippen LogP contribution < -0.4 is 0 Å². The van der Waals surface area contributed by atoms with E-state index in [9.17, 15) is 9.59 Å². The number of benzene rings is 3. The van der Waals surface area contributed by atoms with Crippen molar-refractivity contribution in [2.45, 2.75) is 32.1 Å². The van der Waals surface area contributed by atoms with Crippen LogP contribution in [0.2, 0.25) is 0 Å². The number of ketones is 2. The van der Waals surface area contributed by atoms with Crippen LogP contribution >= 0.6 is 0 Å². The maximum Gasteiger partial charge on any atom is 0.163 e. The van der Waals surface area contributed by atoms with E-state index in [0.29, 0.717) is 19.3 Å². The fraction of sp³-hybridized carbons (Fsp3) is 0.139. The fourth-order valence-electron chi connectivity index (χ4n) is 5.87. The molecule has 7 rings (SSSR count). The molecule has 0 fully saturated rings. The monoisotopic (exact) mass is 535 g/mol. The highest BCUT2D eigenvalue weighted by Gasteiger charge is 2.20. The molecule has 0 unspecified atom stereocenters. The summed E-state index contributed by atoms with van der Waals surface area (Å²) >= 11 is 0. The summed E-state index contributed by atoms with van der Waals surface area (Å²) < 4.78 is 4.20. The molecular formula is C36H29N3O2. The number of rotatable bonds is 8. The SMILES string of the molecule is O=C(CCc1cccc(-n2cccc2)c1)c1ccc(Cc2ccc(-c3ccc4c(c3)CCC4=O)n3ccnc23)cc1. The van der Waals surface area contributed by atoms with Crippen LogP contribution in [-0.2, 0) is 19.3 Å². The molecule has 41 heavy (non-hydrogen) atoms. The first-order valence-corrected chi connectivity index (χ1v) is 14.1. The molecule has 3 aromatic heterocycles. The zero-order chi connectivity index (χ0) is 27.8. The van der Waals surface area contributed by atoms with Gasteiger partial charge < -0.3 is 4.57 Å². The molecule has 3 aromatic carbocycles. The highest BCUT2D eigenvalue weighted by molar-refractivity contribution is 6.01. The first kappa shape index (κ1) is 25.0. The van der Waals surface area contributed by atoms with Crippen molar-refractivity contribution >= 4 is 17.2 Å². The summed E-state index contributed by atoms with van der Waals surface area (Å²) in [6, 6.07) is 30.7. The maximum absolute atomic E-state index is 13.0. The second-order valence-corrected chi connectivity index (χ2v) is 10.7. The Bertz CT molecular complexity index is 1900. The third-order valence-electron chi connectivity index (χ3n) is 8.08. The van der Waals surface area contributed by atoms with Crippen LogP contribution in [0.3, 0.4) is 0 Å². The minimum atomic E-state index is 0.152. The Morgan fingerprint density at radius 2 is 1.66 bits per heavy atom. The highest BCUT2D eigenvalue weighted by Crippen LogP contribution is 2.30. The molecule has 0 saturated carbocycles. The van der Waals surface area contributed by atoms with Gasteiger partial charge in [0.15, 0.2) is 11.6 Å². The second-order valence-electron chi connectivity index (χ2n) is 10.7. The number of fused-ring (bicyclic) bond motifs is 2. The number of imidazole rings is 1. The van der Waals surface area contributed by atoms with Crippen LogP contribution in [0.1, 0.15) is 55.8 Å². The third kappa shape index (κ3) is 4.91. The quantitative estimate of drug-likeness (QED) is 0.192. The third-order valence-corrected chi connectivity index (χ3v) is 8.08. The molecule has 0 radical (unpaired) electrons. The van der Waals surface area contributed by atoms with Gasteiger partial charge in [-0.1, -0.05) is 54.6 Å². The predicted molar refractivity (Wildman–Crippen MR) is 161 cm³/mol. The zero-order valence-electron chi connectivity index (χ0n) is 22.7. The number of Topliss-reactive ketones (excluding diaryl/α,β-unsaturated/α-hetero) is 2. The minimum Gasteiger partial charge on any atom is -0.324 e. The number of hydrogen-bond donors (Lipinski definition) is 0. The summed E-state index contributed by atoms with van der Waals surface area (Å²) in [5.74, 6) is 0.389. The predicted octanol–water partition coefficient (Wildman–Crippen LogP) is 7.33. The summed E-state index contributed by atoms with van der Waals surface area (Å²) in [6.07, 6.45) is 11.2. The Hall–Kier alpha value is -5.03. The average molecular weight is 536 g/mol. The van der Waals surface area contributed by atoms with E-state index in [1.165, 1.54) is 0 Å². The topological polar surface area (TPSA) is 56.4 Å². The standard InChI is InChI=1S/C36H29N3O2/c40-34(16-8-25-4-3-5-31(23-25)38-19-1-2-20-38)27-9-6-26(7-10-27)22-30-12-15-33(39-21-18-37-36(30)39)29-11-14-32-28(24-29)13-17-35(32)41/h1-7,9-12,14-15,18-21,23-24H,8,13,16-17,22H2. The molecule has 3 heterocycles. The van der Waals surface area contributed by atoms with E-state index in [1.807, 2.05) is 79.4 Å². The molecule has 0 aliphatic heterocycles. The van der Waals surface area contributed by atoms with Gasteiger partial charge in [0, 0.05) is 60.9 Å². The Kier molecular flexibility index (Phi) is 6.40. The van der Waals surface area contributed by atoms with Gasteiger partial charge in [0.1, 0.15) is 5.65 Å². The number of pyridine rings is 1. The van der Waals surface area contributed by atoms with Gasteiger partial charge in [-0.05, 0) is 77.1 Å². The van der Waals surface area contributed by atoms with E-state index in [2.05, 4.69) is 50.3 Å². The summed E-state index contributed by atoms with van der Waals surface area (Å²) in [6.45, 7) is 0. The molecule has 0 bridgehead atoms. The lowest BCUT2D eigenvalue weighted by atomic mass is 9.99. The molecule has 5 nitrogen and oxygen atoms in total. The van der Waals surface area contributed by atoms with Gasteiger partial charge in [-0.3, -0.25) is 14.0 Å². The van der Waals surface area contributed by atoms with Gasteiger partial charge in [-0.25, -0.2) is 4.98 Å². The van der Waals surface area contributed by atoms with Crippen LogP contribution in [0.15, 0.2) is 116 Å². The summed E-state index contributed by atoms with van der Waals surface area (Å²) in [5.41, 5.74) is 10.3. The van der Waals surface area contributed by atoms with Gasteiger partial charge in [0.05, 0.1) is 5.69 Å². The molecule has 5 heteroatoms. The number of aryl methyl sites for hydroxylation is 2. The van der Waals surface area contributed by atoms with Crippen molar-refractivity contribution in [3.05, 3.63) is 149 Å². The summed E-state index contributed by atoms with van der Waals surface area (Å²) in [4.78, 5) is 29.7. The average Bonchev–Trinajstić information content (AvgIpc) is 3.79. The zero-order valence-corrected chi connectivity index (χ0v) is 22.7. The molecule has 6 aromatic rings. The van der Waals surface area contributed by atoms with Crippen molar-refractivity contribution in [2.75, 3.05) is 0 Å². The first-order valence-electron chi connectivity index (χ1n) is 14.1. The van der Waals surface area contributed by atoms with Gasteiger partial charge >= 0.3 is 0 Å². The van der Waals surface area contributed by atoms with E-state index in [4.69, 9.17) is 0 Å². The lowest BCUT2D eigenvalue weighted by molar-refractivity contribution is 0.0979. The maximum atomic E-state index is 13.0. The molecule has 0 spiro atoms. The van der Waals surface area contributed by atoms with E-state index in [1.54, 1.807) is 0 Å². The van der Waals surface area contributed by atoms with Crippen LogP contribution in [0, 0.1) is 0 Å². The van der Waals surface area contributed by atoms with Crippen LogP contribution in [0.4, 0.5) is 0 Å². The highest BCUT2D eigenvalue weighted by atomic mass is 16.1. The van der Waals surface area contributed by atoms with Crippen LogP contribution in [-0.4, -0.2) is 25.5 Å². The molecule has 0 amide bonds. The normalized spacial score (nSPS) is 12.6. The van der Waals surface area contributed by atoms with Crippen molar-refractivity contribution in [1.29, 1.82) is 0 Å². The summed E-state index contributed by atoms with van der Waals surface area (Å²) in [7, 11) is 0. The molecule has 0 atom stereocenters. The second kappa shape index (κ2) is 10.5. The lowest BCUT2D eigenvalue weighted by Crippen LogP contribution is -2.02. The van der Waals surface area contributed by atoms with E-state index < -0.39 is 0 Å². The van der Waals surface area contributed by atoms with Gasteiger partial charge in [0.25, 0.3) is 0 Å². The van der Waals surface area contributed by atoms with E-state index in [-0.39, 0.29) is 11.6 Å². The molecule has 0 N–H and O–H groups in total. The smallest absolute Gasteiger partial charge is 0.163 e. The van der Waals surface area contributed by atoms with Gasteiger partial charge in [-0.2, -0.15) is 0 Å². The van der Waals surface area contributed by atoms with Crippen molar-refractivity contribution in [1.82, 2.24) is 14.0 Å². The van der Waals surface area contributed by atoms with Crippen molar-refractivity contribution in [3.8, 4) is 16.9 Å². The fourth-order valence-corrected chi connectivity index (χ4v) is 5.87. The van der Waals surface area contributed by atoms with E-state index >= 15 is 0 Å².